The highest BCUT2D eigenvalue weighted by atomic mass is 16.6. The first-order chi connectivity index (χ1) is 8.25. The molecular formula is C13H21NO4. The van der Waals surface area contributed by atoms with Gasteiger partial charge in [-0.25, -0.2) is 9.69 Å². The van der Waals surface area contributed by atoms with Crippen LogP contribution in [0.1, 0.15) is 27.7 Å². The third kappa shape index (κ3) is 2.27. The molecule has 1 rings (SSSR count). The second-order valence-corrected chi connectivity index (χ2v) is 5.23. The van der Waals surface area contributed by atoms with Gasteiger partial charge in [0, 0.05) is 0 Å². The Bertz CT molecular complexity index is 364. The molecule has 5 heteroatoms. The van der Waals surface area contributed by atoms with Gasteiger partial charge < -0.3 is 9.84 Å². The van der Waals surface area contributed by atoms with E-state index in [2.05, 4.69) is 6.58 Å². The molecule has 0 bridgehead atoms. The van der Waals surface area contributed by atoms with Gasteiger partial charge in [-0.3, -0.25) is 4.79 Å². The highest BCUT2D eigenvalue weighted by molar-refractivity contribution is 5.97. The molecule has 18 heavy (non-hydrogen) atoms. The van der Waals surface area contributed by atoms with Gasteiger partial charge in [0.2, 0.25) is 5.91 Å². The number of hydrogen-bond donors (Lipinski definition) is 1. The third-order valence-corrected chi connectivity index (χ3v) is 3.65. The van der Waals surface area contributed by atoms with E-state index in [4.69, 9.17) is 4.74 Å². The molecule has 1 heterocycles. The monoisotopic (exact) mass is 255 g/mol. The Morgan fingerprint density at radius 3 is 2.56 bits per heavy atom. The first kappa shape index (κ1) is 14.7. The maximum absolute atomic E-state index is 12.5. The van der Waals surface area contributed by atoms with Crippen LogP contribution < -0.4 is 0 Å². The lowest BCUT2D eigenvalue weighted by Crippen LogP contribution is -2.51. The first-order valence-corrected chi connectivity index (χ1v) is 6.07. The van der Waals surface area contributed by atoms with Crippen molar-refractivity contribution >= 4 is 12.0 Å². The molecule has 102 valence electrons. The Kier molecular flexibility index (Phi) is 4.16. The summed E-state index contributed by atoms with van der Waals surface area (Å²) in [6.07, 6.45) is -0.195. The fourth-order valence-electron chi connectivity index (χ4n) is 1.86. The van der Waals surface area contributed by atoms with E-state index in [0.717, 1.165) is 4.90 Å². The summed E-state index contributed by atoms with van der Waals surface area (Å²) in [5.41, 5.74) is -1.18. The number of rotatable bonds is 4. The Labute approximate surface area is 107 Å². The predicted molar refractivity (Wildman–Crippen MR) is 66.8 cm³/mol. The van der Waals surface area contributed by atoms with Crippen molar-refractivity contribution in [2.75, 3.05) is 6.61 Å². The number of amides is 2. The predicted octanol–water partition coefficient (Wildman–Crippen LogP) is 1.56. The molecule has 2 amide bonds. The number of aliphatic hydroxyl groups excluding tert-OH is 1. The van der Waals surface area contributed by atoms with Crippen LogP contribution in [0.4, 0.5) is 4.79 Å². The number of imide groups is 1. The third-order valence-electron chi connectivity index (χ3n) is 3.65. The van der Waals surface area contributed by atoms with Gasteiger partial charge in [0.05, 0.1) is 17.6 Å². The van der Waals surface area contributed by atoms with E-state index in [9.17, 15) is 14.7 Å². The average Bonchev–Trinajstić information content (AvgIpc) is 2.68. The standard InChI is InChI=1S/C13H21NO4/c1-6-13(5,9(4)15)11(16)14-10(8(2)3)7-18-12(14)17/h6,8-10,15H,1,7H2,2-5H3/t9-,10?,13?/m0/s1. The smallest absolute Gasteiger partial charge is 0.417 e. The van der Waals surface area contributed by atoms with Gasteiger partial charge in [0.25, 0.3) is 0 Å². The maximum Gasteiger partial charge on any atom is 0.417 e. The molecule has 1 aliphatic rings. The van der Waals surface area contributed by atoms with Crippen LogP contribution >= 0.6 is 0 Å². The second-order valence-electron chi connectivity index (χ2n) is 5.23. The average molecular weight is 255 g/mol. The topological polar surface area (TPSA) is 66.8 Å². The van der Waals surface area contributed by atoms with Crippen LogP contribution in [-0.2, 0) is 9.53 Å². The summed E-state index contributed by atoms with van der Waals surface area (Å²) in [7, 11) is 0. The quantitative estimate of drug-likeness (QED) is 0.774. The van der Waals surface area contributed by atoms with Crippen LogP contribution in [-0.4, -0.2) is 40.8 Å². The van der Waals surface area contributed by atoms with E-state index in [0.29, 0.717) is 0 Å². The lowest BCUT2D eigenvalue weighted by Gasteiger charge is -2.33. The summed E-state index contributed by atoms with van der Waals surface area (Å²) in [6.45, 7) is 10.7. The fraction of sp³-hybridized carbons (Fsp3) is 0.692. The number of nitrogens with zero attached hydrogens (tertiary/aromatic N) is 1. The van der Waals surface area contributed by atoms with E-state index in [1.54, 1.807) is 6.92 Å². The van der Waals surface area contributed by atoms with Gasteiger partial charge in [-0.15, -0.1) is 6.58 Å². The van der Waals surface area contributed by atoms with E-state index >= 15 is 0 Å². The molecule has 3 atom stereocenters. The van der Waals surface area contributed by atoms with Crippen LogP contribution in [0.3, 0.4) is 0 Å². The highest BCUT2D eigenvalue weighted by Crippen LogP contribution is 2.31. The van der Waals surface area contributed by atoms with Gasteiger partial charge in [0.15, 0.2) is 0 Å². The van der Waals surface area contributed by atoms with Gasteiger partial charge in [0.1, 0.15) is 6.61 Å². The molecule has 5 nitrogen and oxygen atoms in total. The lowest BCUT2D eigenvalue weighted by molar-refractivity contribution is -0.141. The first-order valence-electron chi connectivity index (χ1n) is 6.07. The molecule has 0 aromatic carbocycles. The van der Waals surface area contributed by atoms with Gasteiger partial charge in [-0.05, 0) is 19.8 Å². The largest absolute Gasteiger partial charge is 0.447 e. The molecule has 1 N–H and O–H groups in total. The summed E-state index contributed by atoms with van der Waals surface area (Å²) in [5.74, 6) is -0.364. The maximum atomic E-state index is 12.5. The Hall–Kier alpha value is -1.36. The minimum absolute atomic E-state index is 0.100. The van der Waals surface area contributed by atoms with Crippen molar-refractivity contribution in [3.8, 4) is 0 Å². The van der Waals surface area contributed by atoms with Crippen molar-refractivity contribution in [2.24, 2.45) is 11.3 Å². The zero-order valence-corrected chi connectivity index (χ0v) is 11.3. The van der Waals surface area contributed by atoms with Crippen LogP contribution in [0.25, 0.3) is 0 Å². The van der Waals surface area contributed by atoms with E-state index in [-0.39, 0.29) is 18.6 Å². The summed E-state index contributed by atoms with van der Waals surface area (Å²) in [5, 5.41) is 9.74. The number of cyclic esters (lactones) is 1. The van der Waals surface area contributed by atoms with Gasteiger partial charge >= 0.3 is 6.09 Å². The highest BCUT2D eigenvalue weighted by Gasteiger charge is 2.47. The number of aliphatic hydroxyl groups is 1. The van der Waals surface area contributed by atoms with Crippen molar-refractivity contribution in [2.45, 2.75) is 39.8 Å². The molecule has 0 aliphatic carbocycles. The Balaban J connectivity index is 3.07. The molecule has 0 radical (unpaired) electrons. The summed E-state index contributed by atoms with van der Waals surface area (Å²) in [4.78, 5) is 25.3. The molecule has 1 saturated heterocycles. The molecule has 2 unspecified atom stereocenters. The molecule has 0 saturated carbocycles. The summed E-state index contributed by atoms with van der Waals surface area (Å²) < 4.78 is 4.93. The molecular weight excluding hydrogens is 234 g/mol. The van der Waals surface area contributed by atoms with Gasteiger partial charge in [-0.1, -0.05) is 19.9 Å². The Morgan fingerprint density at radius 1 is 1.61 bits per heavy atom. The van der Waals surface area contributed by atoms with Crippen LogP contribution in [0.15, 0.2) is 12.7 Å². The van der Waals surface area contributed by atoms with Crippen molar-refractivity contribution in [3.05, 3.63) is 12.7 Å². The van der Waals surface area contributed by atoms with Crippen molar-refractivity contribution in [1.29, 1.82) is 0 Å². The molecule has 0 spiro atoms. The van der Waals surface area contributed by atoms with E-state index in [1.165, 1.54) is 13.0 Å². The molecule has 0 aromatic rings. The fourth-order valence-corrected chi connectivity index (χ4v) is 1.86. The van der Waals surface area contributed by atoms with Crippen LogP contribution in [0, 0.1) is 11.3 Å². The second kappa shape index (κ2) is 5.10. The van der Waals surface area contributed by atoms with Crippen molar-refractivity contribution in [1.82, 2.24) is 4.90 Å². The lowest BCUT2D eigenvalue weighted by atomic mass is 9.83. The number of carbonyl (C=O) groups excluding carboxylic acids is 2. The normalized spacial score (nSPS) is 24.7. The SMILES string of the molecule is C=CC(C)(C(=O)N1C(=O)OCC1C(C)C)[C@H](C)O. The zero-order chi connectivity index (χ0) is 14.1. The number of ether oxygens (including phenoxy) is 1. The minimum atomic E-state index is -1.18. The van der Waals surface area contributed by atoms with Crippen molar-refractivity contribution in [3.63, 3.8) is 0 Å². The van der Waals surface area contributed by atoms with Crippen molar-refractivity contribution < 1.29 is 19.4 Å². The van der Waals surface area contributed by atoms with E-state index < -0.39 is 23.5 Å². The molecule has 1 aliphatic heterocycles. The van der Waals surface area contributed by atoms with Crippen LogP contribution in [0.5, 0.6) is 0 Å². The minimum Gasteiger partial charge on any atom is -0.447 e. The number of carbonyl (C=O) groups is 2. The van der Waals surface area contributed by atoms with E-state index in [1.807, 2.05) is 13.8 Å². The van der Waals surface area contributed by atoms with Gasteiger partial charge in [-0.2, -0.15) is 0 Å². The number of hydrogen-bond acceptors (Lipinski definition) is 4. The Morgan fingerprint density at radius 2 is 2.17 bits per heavy atom. The molecule has 0 aromatic heterocycles. The molecule has 1 fully saturated rings. The summed E-state index contributed by atoms with van der Waals surface area (Å²) in [6, 6.07) is -0.289. The summed E-state index contributed by atoms with van der Waals surface area (Å²) >= 11 is 0. The van der Waals surface area contributed by atoms with Crippen LogP contribution in [0.2, 0.25) is 0 Å². The zero-order valence-electron chi connectivity index (χ0n) is 11.3.